The number of alkyl halides is 1. The molecule has 1 aromatic heterocycles. The number of hydrogen-bond donors (Lipinski definition) is 3. The number of aryl methyl sites for hydroxylation is 1. The van der Waals surface area contributed by atoms with Crippen molar-refractivity contribution in [1.82, 2.24) is 14.6 Å². The largest absolute Gasteiger partial charge is 0.459 e. The third kappa shape index (κ3) is 7.15. The van der Waals surface area contributed by atoms with Gasteiger partial charge in [0.25, 0.3) is 5.56 Å². The molecule has 12 nitrogen and oxygen atoms in total. The molecule has 2 aromatic rings. The third-order valence-corrected chi connectivity index (χ3v) is 8.54. The molecule has 0 spiro atoms. The summed E-state index contributed by atoms with van der Waals surface area (Å²) in [6, 6.07) is 5.27. The molecule has 226 valence electrons. The molecular formula is C27H37FN3O9P. The van der Waals surface area contributed by atoms with E-state index in [1.807, 2.05) is 11.1 Å². The third-order valence-electron chi connectivity index (χ3n) is 6.91. The van der Waals surface area contributed by atoms with E-state index in [9.17, 15) is 24.1 Å². The number of nitrogens with zero attached hydrogens (tertiary/aromatic N) is 1. The van der Waals surface area contributed by atoms with Crippen molar-refractivity contribution in [2.75, 3.05) is 6.61 Å². The highest BCUT2D eigenvalue weighted by molar-refractivity contribution is 7.52. The van der Waals surface area contributed by atoms with Gasteiger partial charge in [0.05, 0.1) is 6.61 Å². The molecule has 1 aliphatic heterocycles. The minimum absolute atomic E-state index is 0.315. The van der Waals surface area contributed by atoms with Crippen LogP contribution in [-0.2, 0) is 36.2 Å². The predicted octanol–water partition coefficient (Wildman–Crippen LogP) is 2.93. The van der Waals surface area contributed by atoms with Crippen molar-refractivity contribution in [2.24, 2.45) is 0 Å². The van der Waals surface area contributed by atoms with Crippen molar-refractivity contribution in [3.8, 4) is 5.75 Å². The van der Waals surface area contributed by atoms with Crippen molar-refractivity contribution < 1.29 is 37.4 Å². The molecule has 6 atom stereocenters. The Balaban J connectivity index is 1.58. The summed E-state index contributed by atoms with van der Waals surface area (Å²) in [5, 5.41) is 13.3. The Bertz CT molecular complexity index is 1430. The molecule has 2 heterocycles. The first-order valence-electron chi connectivity index (χ1n) is 13.5. The average molecular weight is 598 g/mol. The van der Waals surface area contributed by atoms with Crippen molar-refractivity contribution in [2.45, 2.75) is 96.0 Å². The number of halogens is 1. The number of fused-ring (bicyclic) bond motifs is 1. The van der Waals surface area contributed by atoms with Gasteiger partial charge in [-0.1, -0.05) is 12.1 Å². The van der Waals surface area contributed by atoms with Crippen LogP contribution in [0.2, 0.25) is 0 Å². The van der Waals surface area contributed by atoms with Crippen LogP contribution in [0.15, 0.2) is 40.1 Å². The molecule has 0 bridgehead atoms. The minimum Gasteiger partial charge on any atom is -0.459 e. The summed E-state index contributed by atoms with van der Waals surface area (Å²) in [5.41, 5.74) is -2.99. The monoisotopic (exact) mass is 597 g/mol. The first-order chi connectivity index (χ1) is 19.1. The smallest absolute Gasteiger partial charge is 0.459 e. The molecule has 14 heteroatoms. The number of carbonyl (C=O) groups excluding carboxylic acids is 1. The lowest BCUT2D eigenvalue weighted by Gasteiger charge is -2.28. The van der Waals surface area contributed by atoms with Crippen LogP contribution in [0.4, 0.5) is 4.39 Å². The first-order valence-corrected chi connectivity index (χ1v) is 15.0. The van der Waals surface area contributed by atoms with Crippen LogP contribution < -0.4 is 20.9 Å². The van der Waals surface area contributed by atoms with Crippen LogP contribution in [0.5, 0.6) is 5.75 Å². The summed E-state index contributed by atoms with van der Waals surface area (Å²) in [6.07, 6.45) is -0.307. The normalized spacial score (nSPS) is 26.6. The molecule has 0 amide bonds. The van der Waals surface area contributed by atoms with Gasteiger partial charge in [-0.3, -0.25) is 23.7 Å². The summed E-state index contributed by atoms with van der Waals surface area (Å²) >= 11 is 0. The highest BCUT2D eigenvalue weighted by atomic mass is 31.2. The van der Waals surface area contributed by atoms with Crippen molar-refractivity contribution >= 4 is 13.7 Å². The molecule has 0 saturated carbocycles. The molecular weight excluding hydrogens is 560 g/mol. The van der Waals surface area contributed by atoms with E-state index in [1.54, 1.807) is 32.9 Å². The topological polar surface area (TPSA) is 158 Å². The van der Waals surface area contributed by atoms with Crippen molar-refractivity contribution in [3.63, 3.8) is 0 Å². The minimum atomic E-state index is -4.37. The number of rotatable bonds is 9. The number of aliphatic hydroxyl groups excluding tert-OH is 1. The molecule has 3 N–H and O–H groups in total. The van der Waals surface area contributed by atoms with Gasteiger partial charge in [0.1, 0.15) is 29.6 Å². The highest BCUT2D eigenvalue weighted by Gasteiger charge is 2.56. The highest BCUT2D eigenvalue weighted by Crippen LogP contribution is 2.49. The summed E-state index contributed by atoms with van der Waals surface area (Å²) in [4.78, 5) is 38.4. The number of carbonyl (C=O) groups is 1. The Morgan fingerprint density at radius 1 is 1.29 bits per heavy atom. The second kappa shape index (κ2) is 11.8. The fourth-order valence-corrected chi connectivity index (χ4v) is 6.40. The zero-order valence-corrected chi connectivity index (χ0v) is 24.6. The van der Waals surface area contributed by atoms with Crippen molar-refractivity contribution in [1.29, 1.82) is 0 Å². The average Bonchev–Trinajstić information content (AvgIpc) is 3.10. The maximum Gasteiger partial charge on any atom is 0.459 e. The Hall–Kier alpha value is -2.83. The molecule has 4 rings (SSSR count). The molecule has 0 radical (unpaired) electrons. The summed E-state index contributed by atoms with van der Waals surface area (Å²) < 4.78 is 53.2. The fraction of sp³-hybridized carbons (Fsp3) is 0.593. The van der Waals surface area contributed by atoms with Gasteiger partial charge in [0, 0.05) is 12.3 Å². The number of nitrogens with one attached hydrogen (secondary N) is 2. The van der Waals surface area contributed by atoms with E-state index < -0.39 is 67.3 Å². The first kappa shape index (κ1) is 31.1. The summed E-state index contributed by atoms with van der Waals surface area (Å²) in [5.74, 6) is -0.388. The van der Waals surface area contributed by atoms with Crippen LogP contribution in [0.1, 0.15) is 64.8 Å². The van der Waals surface area contributed by atoms with E-state index in [-0.39, 0.29) is 0 Å². The van der Waals surface area contributed by atoms with Crippen LogP contribution in [0.3, 0.4) is 0 Å². The molecule has 2 aliphatic rings. The van der Waals surface area contributed by atoms with Gasteiger partial charge in [-0.2, -0.15) is 5.09 Å². The second-order valence-electron chi connectivity index (χ2n) is 11.5. The second-order valence-corrected chi connectivity index (χ2v) is 13.2. The van der Waals surface area contributed by atoms with Gasteiger partial charge < -0.3 is 19.1 Å². The molecule has 1 aliphatic carbocycles. The summed E-state index contributed by atoms with van der Waals surface area (Å²) in [7, 11) is -4.37. The van der Waals surface area contributed by atoms with Crippen LogP contribution in [-0.4, -0.2) is 56.8 Å². The number of ether oxygens (including phenoxy) is 2. The van der Waals surface area contributed by atoms with E-state index in [1.165, 1.54) is 6.92 Å². The number of benzene rings is 1. The van der Waals surface area contributed by atoms with Crippen LogP contribution >= 0.6 is 7.75 Å². The van der Waals surface area contributed by atoms with E-state index in [4.69, 9.17) is 18.5 Å². The standard InChI is InChI=1S/C27H37FN3O9P/c1-16(23(34)39-26(2,3)4)30-41(36,40-19-12-8-10-17-9-6-7-11-18(17)19)37-15-20-22(33)27(5,28)24(38-20)31-14-13-21(32)29-25(31)35/h8,10,12-14,16,20,22,24,33H,6-7,9,11,15H2,1-5H3,(H,30,36)(H,29,32,35)/t16-,20+,22+,24+,27+,41?/m0/s1. The number of aromatic amines is 1. The van der Waals surface area contributed by atoms with E-state index in [0.29, 0.717) is 12.2 Å². The number of hydrogen-bond acceptors (Lipinski definition) is 9. The maximum atomic E-state index is 15.7. The van der Waals surface area contributed by atoms with E-state index in [0.717, 1.165) is 54.1 Å². The van der Waals surface area contributed by atoms with Gasteiger partial charge >= 0.3 is 19.4 Å². The molecule has 1 unspecified atom stereocenters. The van der Waals surface area contributed by atoms with Gasteiger partial charge in [-0.05, 0) is 77.5 Å². The van der Waals surface area contributed by atoms with Crippen LogP contribution in [0.25, 0.3) is 0 Å². The lowest BCUT2D eigenvalue weighted by Crippen LogP contribution is -2.44. The van der Waals surface area contributed by atoms with Gasteiger partial charge in [0.2, 0.25) is 0 Å². The van der Waals surface area contributed by atoms with Gasteiger partial charge in [-0.25, -0.2) is 13.8 Å². The SMILES string of the molecule is C[C@H](NP(=O)(OC[C@H]1O[C@@H](n2ccc(=O)[nH]c2=O)[C@](C)(F)[C@@H]1O)Oc1cccc2c1CCCC2)C(=O)OC(C)(C)C. The Labute approximate surface area is 236 Å². The Morgan fingerprint density at radius 3 is 2.68 bits per heavy atom. The van der Waals surface area contributed by atoms with Gasteiger partial charge in [0.15, 0.2) is 11.9 Å². The van der Waals surface area contributed by atoms with E-state index in [2.05, 4.69) is 5.09 Å². The Kier molecular flexibility index (Phi) is 8.96. The number of H-pyrrole nitrogens is 1. The fourth-order valence-electron chi connectivity index (χ4n) is 4.87. The van der Waals surface area contributed by atoms with Crippen LogP contribution in [0, 0.1) is 0 Å². The van der Waals surface area contributed by atoms with Crippen molar-refractivity contribution in [3.05, 3.63) is 62.4 Å². The maximum absolute atomic E-state index is 15.7. The quantitative estimate of drug-likeness (QED) is 0.290. The number of aromatic nitrogens is 2. The molecule has 41 heavy (non-hydrogen) atoms. The molecule has 1 aromatic carbocycles. The summed E-state index contributed by atoms with van der Waals surface area (Å²) in [6.45, 7) is 6.92. The zero-order chi connectivity index (χ0) is 30.2. The predicted molar refractivity (Wildman–Crippen MR) is 146 cm³/mol. The zero-order valence-electron chi connectivity index (χ0n) is 23.7. The molecule has 1 saturated heterocycles. The lowest BCUT2D eigenvalue weighted by molar-refractivity contribution is -0.156. The number of aliphatic hydroxyl groups is 1. The Morgan fingerprint density at radius 2 is 2.00 bits per heavy atom. The lowest BCUT2D eigenvalue weighted by atomic mass is 9.91. The molecule has 1 fully saturated rings. The van der Waals surface area contributed by atoms with Gasteiger partial charge in [-0.15, -0.1) is 0 Å². The van der Waals surface area contributed by atoms with E-state index >= 15 is 4.39 Å². The number of esters is 1.